The highest BCUT2D eigenvalue weighted by atomic mass is 19.4. The van der Waals surface area contributed by atoms with E-state index in [0.29, 0.717) is 18.7 Å². The maximum Gasteiger partial charge on any atom is 0.417 e. The van der Waals surface area contributed by atoms with Crippen molar-refractivity contribution < 1.29 is 41.5 Å². The van der Waals surface area contributed by atoms with E-state index < -0.39 is 46.8 Å². The van der Waals surface area contributed by atoms with E-state index in [0.717, 1.165) is 11.1 Å². The number of Topliss-reactive ketones (excluding diaryl/α,β-unsaturated/α-hetero) is 2. The summed E-state index contributed by atoms with van der Waals surface area (Å²) in [6.07, 6.45) is -3.63. The number of halogens is 3. The molecule has 3 aromatic carbocycles. The average molecular weight is 700 g/mol. The van der Waals surface area contributed by atoms with Crippen LogP contribution in [0.4, 0.5) is 13.2 Å². The molecule has 3 heterocycles. The fraction of sp³-hybridized carbons (Fsp3) is 0.359. The van der Waals surface area contributed by atoms with Gasteiger partial charge in [-0.1, -0.05) is 60.7 Å². The topological polar surface area (TPSA) is 115 Å². The molecule has 9 nitrogen and oxygen atoms in total. The fourth-order valence-corrected chi connectivity index (χ4v) is 7.99. The zero-order valence-electron chi connectivity index (χ0n) is 28.1. The van der Waals surface area contributed by atoms with Gasteiger partial charge in [-0.3, -0.25) is 9.59 Å². The van der Waals surface area contributed by atoms with Gasteiger partial charge in [-0.15, -0.1) is 0 Å². The molecule has 0 bridgehead atoms. The van der Waals surface area contributed by atoms with Crippen LogP contribution in [0.3, 0.4) is 0 Å². The molecule has 264 valence electrons. The molecule has 0 amide bonds. The second kappa shape index (κ2) is 12.7. The van der Waals surface area contributed by atoms with Gasteiger partial charge in [-0.2, -0.15) is 13.2 Å². The number of nitrogens with zero attached hydrogens (tertiary/aromatic N) is 1. The standard InChI is InChI=1S/C37H29F3N2O6.C2H7N/c38-37(39,40)31-23(25-11-12-41-25)16-26(45-17-19-7-3-1-4-8-19)29-24(31)14-21-13-22-15-27-30(33(44)36(22)34(47-36)28(21)32(29)43)35(42-48-27)46-18-20-9-5-2-6-10-20;1-3-2/h1-10,16,21-22,25,41H,11-15,17-18H2;3H,1-2H3/t21?,22-,25?,36+;/m0./s1. The van der Waals surface area contributed by atoms with Crippen LogP contribution in [0.5, 0.6) is 11.6 Å². The van der Waals surface area contributed by atoms with Crippen LogP contribution in [0, 0.1) is 11.8 Å². The van der Waals surface area contributed by atoms with E-state index in [1.807, 2.05) is 74.8 Å². The highest BCUT2D eigenvalue weighted by Gasteiger charge is 2.72. The van der Waals surface area contributed by atoms with E-state index in [-0.39, 0.29) is 77.7 Å². The highest BCUT2D eigenvalue weighted by Crippen LogP contribution is 2.63. The number of carbonyl (C=O) groups excluding carboxylic acids is 2. The smallest absolute Gasteiger partial charge is 0.417 e. The summed E-state index contributed by atoms with van der Waals surface area (Å²) >= 11 is 0. The van der Waals surface area contributed by atoms with Gasteiger partial charge in [0.1, 0.15) is 24.5 Å². The van der Waals surface area contributed by atoms with Crippen LogP contribution in [0.2, 0.25) is 0 Å². The van der Waals surface area contributed by atoms with Crippen LogP contribution in [-0.2, 0) is 37.0 Å². The Morgan fingerprint density at radius 2 is 1.61 bits per heavy atom. The third-order valence-electron chi connectivity index (χ3n) is 10.4. The van der Waals surface area contributed by atoms with Crippen molar-refractivity contribution in [3.63, 3.8) is 0 Å². The van der Waals surface area contributed by atoms with Gasteiger partial charge in [0.15, 0.2) is 17.3 Å². The van der Waals surface area contributed by atoms with Gasteiger partial charge in [-0.25, -0.2) is 0 Å². The number of hydrogen-bond donors (Lipinski definition) is 2. The van der Waals surface area contributed by atoms with Crippen molar-refractivity contribution in [2.24, 2.45) is 11.8 Å². The summed E-state index contributed by atoms with van der Waals surface area (Å²) in [6.45, 7) is 0.845. The Balaban J connectivity index is 0.00000121. The lowest BCUT2D eigenvalue weighted by Gasteiger charge is -2.38. The lowest BCUT2D eigenvalue weighted by molar-refractivity contribution is -0.139. The zero-order chi connectivity index (χ0) is 35.5. The number of fused-ring (bicyclic) bond motifs is 3. The Morgan fingerprint density at radius 1 is 0.961 bits per heavy atom. The summed E-state index contributed by atoms with van der Waals surface area (Å²) in [7, 11) is 3.75. The minimum absolute atomic E-state index is 0.0319. The number of ketones is 2. The number of epoxide rings is 1. The molecule has 4 aromatic rings. The molecular formula is C39H36F3N3O6. The number of nitrogens with one attached hydrogen (secondary N) is 2. The van der Waals surface area contributed by atoms with Crippen molar-refractivity contribution in [2.45, 2.75) is 56.7 Å². The summed E-state index contributed by atoms with van der Waals surface area (Å²) in [5, 5.41) is 9.89. The summed E-state index contributed by atoms with van der Waals surface area (Å²) in [5.41, 5.74) is -0.102. The molecule has 2 saturated heterocycles. The van der Waals surface area contributed by atoms with E-state index >= 15 is 0 Å². The second-order valence-electron chi connectivity index (χ2n) is 13.6. The number of allylic oxidation sites excluding steroid dienone is 1. The lowest BCUT2D eigenvalue weighted by atomic mass is 9.62. The number of hydrogen-bond acceptors (Lipinski definition) is 9. The van der Waals surface area contributed by atoms with E-state index in [9.17, 15) is 22.8 Å². The van der Waals surface area contributed by atoms with Crippen LogP contribution < -0.4 is 20.1 Å². The largest absolute Gasteiger partial charge is 0.488 e. The molecule has 3 aliphatic carbocycles. The Labute approximate surface area is 292 Å². The molecule has 0 radical (unpaired) electrons. The molecule has 1 aromatic heterocycles. The number of benzene rings is 3. The number of aromatic nitrogens is 1. The predicted octanol–water partition coefficient (Wildman–Crippen LogP) is 6.56. The first-order valence-electron chi connectivity index (χ1n) is 17.1. The number of ether oxygens (including phenoxy) is 3. The Kier molecular flexibility index (Phi) is 8.26. The van der Waals surface area contributed by atoms with Crippen LogP contribution >= 0.6 is 0 Å². The Hall–Kier alpha value is -4.94. The quantitative estimate of drug-likeness (QED) is 0.207. The molecule has 9 rings (SSSR count). The molecule has 1 spiro atoms. The molecule has 0 saturated carbocycles. The van der Waals surface area contributed by atoms with Gasteiger partial charge in [0, 0.05) is 24.0 Å². The first-order valence-corrected chi connectivity index (χ1v) is 17.1. The maximum absolute atomic E-state index is 14.9. The van der Waals surface area contributed by atoms with Crippen molar-refractivity contribution >= 4 is 11.6 Å². The molecule has 2 unspecified atom stereocenters. The third kappa shape index (κ3) is 5.52. The molecule has 2 N–H and O–H groups in total. The summed E-state index contributed by atoms with van der Waals surface area (Å²) in [4.78, 5) is 28.7. The van der Waals surface area contributed by atoms with Crippen LogP contribution in [0.1, 0.15) is 73.2 Å². The van der Waals surface area contributed by atoms with Crippen molar-refractivity contribution in [3.05, 3.63) is 123 Å². The fourth-order valence-electron chi connectivity index (χ4n) is 7.99. The van der Waals surface area contributed by atoms with Crippen LogP contribution in [0.25, 0.3) is 0 Å². The first-order chi connectivity index (χ1) is 24.7. The van der Waals surface area contributed by atoms with Crippen LogP contribution in [0.15, 0.2) is 82.6 Å². The van der Waals surface area contributed by atoms with Gasteiger partial charge < -0.3 is 29.4 Å². The normalized spacial score (nSPS) is 24.0. The molecule has 4 atom stereocenters. The zero-order valence-corrected chi connectivity index (χ0v) is 28.1. The average Bonchev–Trinajstić information content (AvgIpc) is 3.71. The summed E-state index contributed by atoms with van der Waals surface area (Å²) in [6, 6.07) is 19.5. The first kappa shape index (κ1) is 33.2. The summed E-state index contributed by atoms with van der Waals surface area (Å²) < 4.78 is 68.6. The Bertz CT molecular complexity index is 2040. The van der Waals surface area contributed by atoms with E-state index in [1.54, 1.807) is 0 Å². The van der Waals surface area contributed by atoms with Crippen molar-refractivity contribution in [1.82, 2.24) is 15.8 Å². The number of carbonyl (C=O) groups is 2. The summed E-state index contributed by atoms with van der Waals surface area (Å²) in [5.74, 6) is -1.24. The molecule has 5 aliphatic rings. The Morgan fingerprint density at radius 3 is 2.22 bits per heavy atom. The molecule has 51 heavy (non-hydrogen) atoms. The third-order valence-corrected chi connectivity index (χ3v) is 10.4. The molecule has 2 aliphatic heterocycles. The highest BCUT2D eigenvalue weighted by molar-refractivity contribution is 6.17. The van der Waals surface area contributed by atoms with E-state index in [2.05, 4.69) is 15.8 Å². The van der Waals surface area contributed by atoms with Crippen molar-refractivity contribution in [2.75, 3.05) is 20.6 Å². The van der Waals surface area contributed by atoms with Crippen molar-refractivity contribution in [1.29, 1.82) is 0 Å². The van der Waals surface area contributed by atoms with Gasteiger partial charge in [-0.05, 0) is 79.3 Å². The van der Waals surface area contributed by atoms with Gasteiger partial charge in [0.2, 0.25) is 11.4 Å². The van der Waals surface area contributed by atoms with Gasteiger partial charge in [0.05, 0.1) is 11.1 Å². The minimum atomic E-state index is -4.69. The van der Waals surface area contributed by atoms with Crippen molar-refractivity contribution in [3.8, 4) is 11.6 Å². The molecule has 2 fully saturated rings. The second-order valence-corrected chi connectivity index (χ2v) is 13.6. The minimum Gasteiger partial charge on any atom is -0.488 e. The van der Waals surface area contributed by atoms with Gasteiger partial charge >= 0.3 is 6.18 Å². The molecular weight excluding hydrogens is 663 g/mol. The number of rotatable bonds is 7. The SMILES string of the molecule is CNC.O=C1C2=C3O[C@]34C(=O)c3c(OCc5ccccc5)noc3C[C@@H]4CC2Cc2c1c(OCc1ccccc1)cc(C1CCN1)c2C(F)(F)F. The molecule has 12 heteroatoms. The lowest BCUT2D eigenvalue weighted by Crippen LogP contribution is -2.45. The predicted molar refractivity (Wildman–Crippen MR) is 178 cm³/mol. The van der Waals surface area contributed by atoms with Gasteiger partial charge in [0.25, 0.3) is 5.88 Å². The monoisotopic (exact) mass is 699 g/mol. The maximum atomic E-state index is 14.9. The van der Waals surface area contributed by atoms with E-state index in [4.69, 9.17) is 18.7 Å². The van der Waals surface area contributed by atoms with Crippen LogP contribution in [-0.4, -0.2) is 43.0 Å². The van der Waals surface area contributed by atoms with E-state index in [1.165, 1.54) is 6.07 Å². The number of alkyl halides is 3.